The minimum atomic E-state index is -0.0934. The lowest BCUT2D eigenvalue weighted by molar-refractivity contribution is -0.118. The van der Waals surface area contributed by atoms with Crippen molar-refractivity contribution in [3.8, 4) is 5.75 Å². The van der Waals surface area contributed by atoms with E-state index >= 15 is 0 Å². The Hall–Kier alpha value is -2.93. The van der Waals surface area contributed by atoms with E-state index in [-0.39, 0.29) is 17.7 Å². The van der Waals surface area contributed by atoms with Gasteiger partial charge >= 0.3 is 0 Å². The van der Waals surface area contributed by atoms with Crippen molar-refractivity contribution in [3.63, 3.8) is 0 Å². The van der Waals surface area contributed by atoms with Gasteiger partial charge in [0.1, 0.15) is 11.5 Å². The molecule has 182 valence electrons. The fourth-order valence-electron chi connectivity index (χ4n) is 4.19. The van der Waals surface area contributed by atoms with E-state index in [0.29, 0.717) is 18.6 Å². The van der Waals surface area contributed by atoms with Crippen LogP contribution < -0.4 is 5.32 Å². The van der Waals surface area contributed by atoms with Gasteiger partial charge in [-0.25, -0.2) is 4.98 Å². The monoisotopic (exact) mass is 481 g/mol. The molecule has 0 fully saturated rings. The number of rotatable bonds is 10. The van der Waals surface area contributed by atoms with Gasteiger partial charge in [-0.3, -0.25) is 9.59 Å². The second-order valence-electron chi connectivity index (χ2n) is 8.63. The third kappa shape index (κ3) is 7.83. The molecule has 3 aromatic rings. The van der Waals surface area contributed by atoms with Crippen LogP contribution in [0.3, 0.4) is 0 Å². The molecule has 6 nitrogen and oxygen atoms in total. The zero-order chi connectivity index (χ0) is 24.2. The van der Waals surface area contributed by atoms with Gasteiger partial charge in [0.2, 0.25) is 0 Å². The Morgan fingerprint density at radius 3 is 2.62 bits per heavy atom. The predicted molar refractivity (Wildman–Crippen MR) is 136 cm³/mol. The fourth-order valence-corrected chi connectivity index (χ4v) is 5.31. The lowest BCUT2D eigenvalue weighted by atomic mass is 9.95. The number of carbonyl (C=O) groups excluding carboxylic acids is 2. The highest BCUT2D eigenvalue weighted by molar-refractivity contribution is 7.10. The summed E-state index contributed by atoms with van der Waals surface area (Å²) in [6.45, 7) is 1.90. The van der Waals surface area contributed by atoms with Gasteiger partial charge in [0.05, 0.1) is 17.9 Å². The summed E-state index contributed by atoms with van der Waals surface area (Å²) in [6, 6.07) is 7.00. The van der Waals surface area contributed by atoms with Crippen molar-refractivity contribution in [2.24, 2.45) is 0 Å². The standard InChI is InChI=1S/C24H31NO3S.C3H4N2/c1-2-18(26)8-4-3-5-10-22(17-12-14-19(27)15-13-17)25-24(28)21-16-29-23-11-7-6-9-20(21)23;1-2-5-3-4-1/h12-16,22,27H,2-11H2,1H3,(H,25,28);1-3H,(H,4,5)/t22-;/m0./s1. The Kier molecular flexibility index (Phi) is 10.3. The quantitative estimate of drug-likeness (QED) is 0.303. The second-order valence-corrected chi connectivity index (χ2v) is 9.59. The Labute approximate surface area is 205 Å². The molecule has 0 unspecified atom stereocenters. The number of amides is 1. The molecule has 34 heavy (non-hydrogen) atoms. The van der Waals surface area contributed by atoms with Gasteiger partial charge in [-0.05, 0) is 61.8 Å². The number of phenols is 1. The topological polar surface area (TPSA) is 95.1 Å². The van der Waals surface area contributed by atoms with Gasteiger partial charge in [0, 0.05) is 35.5 Å². The molecule has 0 spiro atoms. The largest absolute Gasteiger partial charge is 0.508 e. The first-order chi connectivity index (χ1) is 16.6. The fraction of sp³-hybridized carbons (Fsp3) is 0.444. The van der Waals surface area contributed by atoms with E-state index in [1.54, 1.807) is 42.2 Å². The molecule has 2 heterocycles. The molecule has 0 saturated heterocycles. The van der Waals surface area contributed by atoms with Crippen LogP contribution in [-0.4, -0.2) is 26.8 Å². The number of aromatic nitrogens is 2. The highest BCUT2D eigenvalue weighted by Gasteiger charge is 2.22. The van der Waals surface area contributed by atoms with Crippen LogP contribution in [-0.2, 0) is 17.6 Å². The van der Waals surface area contributed by atoms with Crippen molar-refractivity contribution in [2.45, 2.75) is 77.2 Å². The molecule has 7 heteroatoms. The Morgan fingerprint density at radius 2 is 1.94 bits per heavy atom. The van der Waals surface area contributed by atoms with Crippen LogP contribution in [0.15, 0.2) is 48.4 Å². The number of nitrogens with zero attached hydrogens (tertiary/aromatic N) is 1. The summed E-state index contributed by atoms with van der Waals surface area (Å²) in [5.41, 5.74) is 3.08. The number of nitrogens with one attached hydrogen (secondary N) is 2. The molecule has 0 aliphatic heterocycles. The minimum absolute atomic E-state index is 0.00337. The summed E-state index contributed by atoms with van der Waals surface area (Å²) in [5, 5.41) is 14.9. The maximum atomic E-state index is 13.0. The number of unbranched alkanes of at least 4 members (excludes halogenated alkanes) is 2. The summed E-state index contributed by atoms with van der Waals surface area (Å²) in [5.74, 6) is 0.545. The first-order valence-corrected chi connectivity index (χ1v) is 13.1. The Bertz CT molecular complexity index is 995. The number of phenolic OH excluding ortho intramolecular Hbond substituents is 1. The molecule has 3 N–H and O–H groups in total. The number of hydrogen-bond acceptors (Lipinski definition) is 5. The highest BCUT2D eigenvalue weighted by atomic mass is 32.1. The number of benzene rings is 1. The Balaban J connectivity index is 0.000000574. The number of imidazole rings is 1. The lowest BCUT2D eigenvalue weighted by Gasteiger charge is -2.20. The van der Waals surface area contributed by atoms with Crippen LogP contribution in [0.2, 0.25) is 0 Å². The van der Waals surface area contributed by atoms with Crippen molar-refractivity contribution < 1.29 is 14.7 Å². The number of fused-ring (bicyclic) bond motifs is 1. The van der Waals surface area contributed by atoms with E-state index in [2.05, 4.69) is 15.3 Å². The van der Waals surface area contributed by atoms with Gasteiger partial charge in [0.25, 0.3) is 5.91 Å². The van der Waals surface area contributed by atoms with E-state index in [1.165, 1.54) is 16.9 Å². The first-order valence-electron chi connectivity index (χ1n) is 12.2. The smallest absolute Gasteiger partial charge is 0.252 e. The molecule has 0 bridgehead atoms. The van der Waals surface area contributed by atoms with Crippen molar-refractivity contribution in [1.82, 2.24) is 15.3 Å². The van der Waals surface area contributed by atoms with Gasteiger partial charge < -0.3 is 15.4 Å². The van der Waals surface area contributed by atoms with Crippen molar-refractivity contribution >= 4 is 23.0 Å². The van der Waals surface area contributed by atoms with Crippen LogP contribution in [0.5, 0.6) is 5.75 Å². The number of aryl methyl sites for hydroxylation is 1. The number of aromatic amines is 1. The molecule has 4 rings (SSSR count). The molecule has 1 aliphatic carbocycles. The SMILES string of the molecule is CCC(=O)CCCCC[C@H](NC(=O)c1csc2c1CCCC2)c1ccc(O)cc1.c1c[nH]cn1. The maximum Gasteiger partial charge on any atom is 0.252 e. The second kappa shape index (κ2) is 13.7. The van der Waals surface area contributed by atoms with E-state index < -0.39 is 0 Å². The first kappa shape index (κ1) is 25.7. The zero-order valence-electron chi connectivity index (χ0n) is 19.9. The zero-order valence-corrected chi connectivity index (χ0v) is 20.7. The van der Waals surface area contributed by atoms with Crippen LogP contribution in [0, 0.1) is 0 Å². The van der Waals surface area contributed by atoms with Gasteiger partial charge in [0.15, 0.2) is 0 Å². The number of hydrogen-bond donors (Lipinski definition) is 3. The van der Waals surface area contributed by atoms with Crippen molar-refractivity contribution in [2.75, 3.05) is 0 Å². The number of H-pyrrole nitrogens is 1. The molecule has 0 saturated carbocycles. The Morgan fingerprint density at radius 1 is 1.15 bits per heavy atom. The van der Waals surface area contributed by atoms with E-state index in [0.717, 1.165) is 56.1 Å². The minimum Gasteiger partial charge on any atom is -0.508 e. The van der Waals surface area contributed by atoms with Crippen molar-refractivity contribution in [3.05, 3.63) is 69.9 Å². The van der Waals surface area contributed by atoms with E-state index in [4.69, 9.17) is 0 Å². The van der Waals surface area contributed by atoms with E-state index in [1.807, 2.05) is 24.4 Å². The van der Waals surface area contributed by atoms with Crippen molar-refractivity contribution in [1.29, 1.82) is 0 Å². The number of aromatic hydroxyl groups is 1. The molecule has 1 amide bonds. The third-order valence-electron chi connectivity index (χ3n) is 6.16. The lowest BCUT2D eigenvalue weighted by Crippen LogP contribution is -2.29. The maximum absolute atomic E-state index is 13.0. The summed E-state index contributed by atoms with van der Waals surface area (Å²) in [6.07, 6.45) is 14.4. The van der Waals surface area contributed by atoms with Crippen LogP contribution in [0.4, 0.5) is 0 Å². The summed E-state index contributed by atoms with van der Waals surface area (Å²) >= 11 is 1.71. The highest BCUT2D eigenvalue weighted by Crippen LogP contribution is 2.31. The average Bonchev–Trinajstić information content (AvgIpc) is 3.57. The van der Waals surface area contributed by atoms with E-state index in [9.17, 15) is 14.7 Å². The molecule has 2 aromatic heterocycles. The molecular formula is C27H35N3O3S. The third-order valence-corrected chi connectivity index (χ3v) is 7.24. The average molecular weight is 482 g/mol. The summed E-state index contributed by atoms with van der Waals surface area (Å²) < 4.78 is 0. The van der Waals surface area contributed by atoms with Crippen LogP contribution >= 0.6 is 11.3 Å². The van der Waals surface area contributed by atoms with Crippen LogP contribution in [0.25, 0.3) is 0 Å². The molecular weight excluding hydrogens is 446 g/mol. The normalized spacial score (nSPS) is 13.3. The molecule has 0 radical (unpaired) electrons. The number of thiophene rings is 1. The van der Waals surface area contributed by atoms with Gasteiger partial charge in [-0.1, -0.05) is 31.9 Å². The van der Waals surface area contributed by atoms with Gasteiger partial charge in [-0.15, -0.1) is 11.3 Å². The van der Waals surface area contributed by atoms with Crippen LogP contribution in [0.1, 0.15) is 90.7 Å². The molecule has 1 aromatic carbocycles. The number of carbonyl (C=O) groups is 2. The molecule has 1 atom stereocenters. The molecule has 1 aliphatic rings. The predicted octanol–water partition coefficient (Wildman–Crippen LogP) is 6.14. The summed E-state index contributed by atoms with van der Waals surface area (Å²) in [4.78, 5) is 32.3. The number of Topliss-reactive ketones (excluding diaryl/α,β-unsaturated/α-hetero) is 1. The van der Waals surface area contributed by atoms with Gasteiger partial charge in [-0.2, -0.15) is 0 Å². The summed E-state index contributed by atoms with van der Waals surface area (Å²) in [7, 11) is 0. The number of ketones is 1.